The lowest BCUT2D eigenvalue weighted by atomic mass is 9.73. The number of urea groups is 1. The van der Waals surface area contributed by atoms with Gasteiger partial charge in [0, 0.05) is 6.54 Å². The lowest BCUT2D eigenvalue weighted by molar-refractivity contribution is -0.148. The molecule has 1 aliphatic rings. The number of benzene rings is 1. The van der Waals surface area contributed by atoms with Gasteiger partial charge in [0.05, 0.1) is 0 Å². The molecule has 114 valence electrons. The second-order valence-electron chi connectivity index (χ2n) is 5.72. The van der Waals surface area contributed by atoms with Gasteiger partial charge in [0.2, 0.25) is 0 Å². The van der Waals surface area contributed by atoms with Crippen LogP contribution in [0, 0.1) is 5.92 Å². The van der Waals surface area contributed by atoms with Gasteiger partial charge in [0.1, 0.15) is 5.54 Å². The Bertz CT molecular complexity index is 504. The summed E-state index contributed by atoms with van der Waals surface area (Å²) in [7, 11) is 0. The molecule has 2 unspecified atom stereocenters. The molecule has 3 N–H and O–H groups in total. The summed E-state index contributed by atoms with van der Waals surface area (Å²) in [5, 5.41) is 15.0. The fourth-order valence-electron chi connectivity index (χ4n) is 2.93. The van der Waals surface area contributed by atoms with Gasteiger partial charge >= 0.3 is 12.0 Å². The third kappa shape index (κ3) is 3.54. The van der Waals surface area contributed by atoms with Crippen molar-refractivity contribution < 1.29 is 14.7 Å². The maximum atomic E-state index is 12.1. The van der Waals surface area contributed by atoms with Crippen LogP contribution in [0.15, 0.2) is 30.3 Å². The van der Waals surface area contributed by atoms with Crippen molar-refractivity contribution in [2.45, 2.75) is 44.7 Å². The molecule has 2 atom stereocenters. The molecule has 0 heterocycles. The third-order valence-electron chi connectivity index (χ3n) is 4.31. The van der Waals surface area contributed by atoms with Gasteiger partial charge in [-0.05, 0) is 24.3 Å². The molecule has 5 heteroatoms. The van der Waals surface area contributed by atoms with Crippen LogP contribution in [-0.2, 0) is 11.3 Å². The maximum absolute atomic E-state index is 12.1. The fraction of sp³-hybridized carbons (Fsp3) is 0.500. The van der Waals surface area contributed by atoms with Crippen molar-refractivity contribution in [3.63, 3.8) is 0 Å². The van der Waals surface area contributed by atoms with Crippen LogP contribution in [0.1, 0.15) is 38.2 Å². The largest absolute Gasteiger partial charge is 0.479 e. The van der Waals surface area contributed by atoms with Crippen molar-refractivity contribution in [3.8, 4) is 0 Å². The molecule has 2 rings (SSSR count). The average molecular weight is 290 g/mol. The lowest BCUT2D eigenvalue weighted by Gasteiger charge is -2.39. The van der Waals surface area contributed by atoms with E-state index in [-0.39, 0.29) is 5.92 Å². The predicted molar refractivity (Wildman–Crippen MR) is 79.8 cm³/mol. The zero-order valence-corrected chi connectivity index (χ0v) is 12.3. The summed E-state index contributed by atoms with van der Waals surface area (Å²) in [5.41, 5.74) is -0.160. The van der Waals surface area contributed by atoms with Crippen LogP contribution in [-0.4, -0.2) is 22.6 Å². The second kappa shape index (κ2) is 6.61. The van der Waals surface area contributed by atoms with E-state index in [1.807, 2.05) is 37.3 Å². The number of carboxylic acid groups (broad SMARTS) is 1. The van der Waals surface area contributed by atoms with E-state index in [9.17, 15) is 14.7 Å². The second-order valence-corrected chi connectivity index (χ2v) is 5.72. The Morgan fingerprint density at radius 1 is 1.29 bits per heavy atom. The van der Waals surface area contributed by atoms with Crippen molar-refractivity contribution >= 4 is 12.0 Å². The van der Waals surface area contributed by atoms with Crippen LogP contribution in [0.4, 0.5) is 4.79 Å². The smallest absolute Gasteiger partial charge is 0.329 e. The number of hydrogen-bond donors (Lipinski definition) is 3. The highest BCUT2D eigenvalue weighted by atomic mass is 16.4. The molecule has 0 aromatic heterocycles. The molecule has 21 heavy (non-hydrogen) atoms. The number of aliphatic carboxylic acids is 1. The summed E-state index contributed by atoms with van der Waals surface area (Å²) < 4.78 is 0. The zero-order chi connectivity index (χ0) is 15.3. The Morgan fingerprint density at radius 3 is 2.62 bits per heavy atom. The van der Waals surface area contributed by atoms with E-state index in [0.717, 1.165) is 24.8 Å². The molecule has 5 nitrogen and oxygen atoms in total. The van der Waals surface area contributed by atoms with Gasteiger partial charge in [-0.1, -0.05) is 50.1 Å². The number of amides is 2. The number of hydrogen-bond acceptors (Lipinski definition) is 2. The summed E-state index contributed by atoms with van der Waals surface area (Å²) in [6.45, 7) is 2.28. The first-order chi connectivity index (χ1) is 10.0. The Labute approximate surface area is 124 Å². The number of carboxylic acids is 1. The Kier molecular flexibility index (Phi) is 4.83. The molecular weight excluding hydrogens is 268 g/mol. The zero-order valence-electron chi connectivity index (χ0n) is 12.3. The van der Waals surface area contributed by atoms with Crippen LogP contribution < -0.4 is 10.6 Å². The molecule has 0 aliphatic heterocycles. The van der Waals surface area contributed by atoms with Crippen LogP contribution >= 0.6 is 0 Å². The number of carbonyl (C=O) groups is 2. The first-order valence-electron chi connectivity index (χ1n) is 7.38. The van der Waals surface area contributed by atoms with Crippen molar-refractivity contribution in [3.05, 3.63) is 35.9 Å². The van der Waals surface area contributed by atoms with E-state index in [2.05, 4.69) is 10.6 Å². The maximum Gasteiger partial charge on any atom is 0.329 e. The van der Waals surface area contributed by atoms with Crippen molar-refractivity contribution in [1.29, 1.82) is 0 Å². The number of rotatable bonds is 4. The minimum Gasteiger partial charge on any atom is -0.479 e. The van der Waals surface area contributed by atoms with E-state index in [0.29, 0.717) is 13.0 Å². The Morgan fingerprint density at radius 2 is 2.00 bits per heavy atom. The van der Waals surface area contributed by atoms with E-state index < -0.39 is 17.5 Å². The van der Waals surface area contributed by atoms with Crippen LogP contribution in [0.2, 0.25) is 0 Å². The van der Waals surface area contributed by atoms with E-state index in [1.54, 1.807) is 0 Å². The number of nitrogens with one attached hydrogen (secondary N) is 2. The summed E-state index contributed by atoms with van der Waals surface area (Å²) in [4.78, 5) is 23.7. The minimum absolute atomic E-state index is 0.0637. The summed E-state index contributed by atoms with van der Waals surface area (Å²) in [5.74, 6) is -1.00. The molecule has 0 saturated heterocycles. The Hall–Kier alpha value is -2.04. The quantitative estimate of drug-likeness (QED) is 0.797. The van der Waals surface area contributed by atoms with Crippen LogP contribution in [0.3, 0.4) is 0 Å². The normalized spacial score (nSPS) is 25.1. The van der Waals surface area contributed by atoms with E-state index in [4.69, 9.17) is 0 Å². The van der Waals surface area contributed by atoms with Gasteiger partial charge in [-0.3, -0.25) is 0 Å². The SMILES string of the molecule is CC1CCCCC1(NC(=O)NCc1ccccc1)C(=O)O. The molecule has 1 aromatic rings. The van der Waals surface area contributed by atoms with Crippen LogP contribution in [0.5, 0.6) is 0 Å². The van der Waals surface area contributed by atoms with Gasteiger partial charge in [0.25, 0.3) is 0 Å². The highest BCUT2D eigenvalue weighted by Crippen LogP contribution is 2.33. The third-order valence-corrected chi connectivity index (χ3v) is 4.31. The van der Waals surface area contributed by atoms with E-state index in [1.165, 1.54) is 0 Å². The summed E-state index contributed by atoms with van der Waals surface area (Å²) >= 11 is 0. The Balaban J connectivity index is 1.97. The van der Waals surface area contributed by atoms with Crippen molar-refractivity contribution in [2.75, 3.05) is 0 Å². The summed E-state index contributed by atoms with van der Waals surface area (Å²) in [6, 6.07) is 9.11. The molecule has 1 aliphatic carbocycles. The molecule has 0 spiro atoms. The standard InChI is InChI=1S/C16H22N2O3/c1-12-7-5-6-10-16(12,14(19)20)18-15(21)17-11-13-8-3-2-4-9-13/h2-4,8-9,12H,5-7,10-11H2,1H3,(H,19,20)(H2,17,18,21). The van der Waals surface area contributed by atoms with Gasteiger partial charge in [-0.15, -0.1) is 0 Å². The molecule has 1 aromatic carbocycles. The predicted octanol–water partition coefficient (Wildman–Crippen LogP) is 2.52. The molecular formula is C16H22N2O3. The molecule has 0 radical (unpaired) electrons. The summed E-state index contributed by atoms with van der Waals surface area (Å²) in [6.07, 6.45) is 3.16. The van der Waals surface area contributed by atoms with Crippen LogP contribution in [0.25, 0.3) is 0 Å². The average Bonchev–Trinajstić information content (AvgIpc) is 2.48. The first-order valence-corrected chi connectivity index (χ1v) is 7.38. The fourth-order valence-corrected chi connectivity index (χ4v) is 2.93. The van der Waals surface area contributed by atoms with Gasteiger partial charge in [-0.2, -0.15) is 0 Å². The lowest BCUT2D eigenvalue weighted by Crippen LogP contribution is -2.61. The highest BCUT2D eigenvalue weighted by molar-refractivity contribution is 5.86. The molecule has 1 saturated carbocycles. The van der Waals surface area contributed by atoms with E-state index >= 15 is 0 Å². The molecule has 0 bridgehead atoms. The van der Waals surface area contributed by atoms with Crippen molar-refractivity contribution in [1.82, 2.24) is 10.6 Å². The van der Waals surface area contributed by atoms with Crippen molar-refractivity contribution in [2.24, 2.45) is 5.92 Å². The monoisotopic (exact) mass is 290 g/mol. The first kappa shape index (κ1) is 15.4. The number of carbonyl (C=O) groups excluding carboxylic acids is 1. The minimum atomic E-state index is -1.14. The highest BCUT2D eigenvalue weighted by Gasteiger charge is 2.46. The van der Waals surface area contributed by atoms with Gasteiger partial charge in [-0.25, -0.2) is 9.59 Å². The van der Waals surface area contributed by atoms with Gasteiger partial charge < -0.3 is 15.7 Å². The molecule has 2 amide bonds. The van der Waals surface area contributed by atoms with Gasteiger partial charge in [0.15, 0.2) is 0 Å². The molecule has 1 fully saturated rings. The topological polar surface area (TPSA) is 78.4 Å².